The van der Waals surface area contributed by atoms with E-state index in [1.54, 1.807) is 0 Å². The van der Waals surface area contributed by atoms with Crippen LogP contribution in [-0.2, 0) is 9.53 Å². The van der Waals surface area contributed by atoms with Crippen LogP contribution in [0.25, 0.3) is 0 Å². The molecule has 0 aromatic heterocycles. The highest BCUT2D eigenvalue weighted by atomic mass is 16.6. The number of nitriles is 1. The van der Waals surface area contributed by atoms with Crippen molar-refractivity contribution in [3.8, 4) is 6.07 Å². The normalized spacial score (nSPS) is 58.6. The molecule has 3 rings (SSSR count). The van der Waals surface area contributed by atoms with Crippen molar-refractivity contribution in [2.75, 3.05) is 0 Å². The minimum absolute atomic E-state index is 0.146. The van der Waals surface area contributed by atoms with Gasteiger partial charge in [-0.1, -0.05) is 6.92 Å². The van der Waals surface area contributed by atoms with Crippen LogP contribution in [0, 0.1) is 34.5 Å². The fourth-order valence-electron chi connectivity index (χ4n) is 3.88. The van der Waals surface area contributed by atoms with Gasteiger partial charge in [0.1, 0.15) is 5.60 Å². The topological polar surface area (TPSA) is 50.1 Å². The van der Waals surface area contributed by atoms with Gasteiger partial charge in [-0.15, -0.1) is 0 Å². The van der Waals surface area contributed by atoms with E-state index in [-0.39, 0.29) is 17.5 Å². The van der Waals surface area contributed by atoms with Crippen LogP contribution in [0.1, 0.15) is 26.7 Å². The molecule has 3 fully saturated rings. The van der Waals surface area contributed by atoms with Gasteiger partial charge in [0.25, 0.3) is 0 Å². The number of nitrogens with zero attached hydrogens (tertiary/aromatic N) is 1. The molecule has 3 aliphatic rings. The summed E-state index contributed by atoms with van der Waals surface area (Å²) in [7, 11) is 0. The highest BCUT2D eigenvalue weighted by Crippen LogP contribution is 2.68. The lowest BCUT2D eigenvalue weighted by Gasteiger charge is -2.34. The predicted molar refractivity (Wildman–Crippen MR) is 47.9 cm³/mol. The molecule has 2 aliphatic carbocycles. The summed E-state index contributed by atoms with van der Waals surface area (Å²) in [6.07, 6.45) is 1.72. The predicted octanol–water partition coefficient (Wildman–Crippen LogP) is 1.49. The summed E-state index contributed by atoms with van der Waals surface area (Å²) in [6, 6.07) is 2.22. The van der Waals surface area contributed by atoms with Gasteiger partial charge in [0.05, 0.1) is 6.07 Å². The van der Waals surface area contributed by atoms with Gasteiger partial charge in [0.2, 0.25) is 0 Å². The van der Waals surface area contributed by atoms with E-state index in [1.165, 1.54) is 0 Å². The van der Waals surface area contributed by atoms with Crippen LogP contribution in [-0.4, -0.2) is 11.6 Å². The van der Waals surface area contributed by atoms with Gasteiger partial charge >= 0.3 is 5.97 Å². The van der Waals surface area contributed by atoms with E-state index in [2.05, 4.69) is 13.0 Å². The van der Waals surface area contributed by atoms with Crippen molar-refractivity contribution >= 4 is 5.97 Å². The molecule has 1 saturated heterocycles. The molecule has 0 aromatic rings. The maximum absolute atomic E-state index is 11.8. The van der Waals surface area contributed by atoms with Crippen molar-refractivity contribution in [2.24, 2.45) is 23.2 Å². The first-order valence-corrected chi connectivity index (χ1v) is 5.19. The molecule has 1 aliphatic heterocycles. The van der Waals surface area contributed by atoms with E-state index in [0.29, 0.717) is 11.8 Å². The fraction of sp³-hybridized carbons (Fsp3) is 0.818. The zero-order chi connectivity index (χ0) is 10.1. The van der Waals surface area contributed by atoms with Crippen molar-refractivity contribution in [3.63, 3.8) is 0 Å². The van der Waals surface area contributed by atoms with Crippen molar-refractivity contribution < 1.29 is 9.53 Å². The second-order valence-electron chi connectivity index (χ2n) is 5.20. The Hall–Kier alpha value is -1.04. The largest absolute Gasteiger partial charge is 0.458 e. The third-order valence-electron chi connectivity index (χ3n) is 4.90. The highest BCUT2D eigenvalue weighted by molar-refractivity contribution is 5.85. The average Bonchev–Trinajstić information content (AvgIpc) is 2.68. The molecule has 74 valence electrons. The van der Waals surface area contributed by atoms with Gasteiger partial charge in [-0.2, -0.15) is 5.26 Å². The molecule has 0 aromatic carbocycles. The monoisotopic (exact) mass is 191 g/mol. The van der Waals surface area contributed by atoms with Crippen LogP contribution in [0.4, 0.5) is 0 Å². The third kappa shape index (κ3) is 0.563. The Morgan fingerprint density at radius 1 is 1.64 bits per heavy atom. The molecule has 2 bridgehead atoms. The smallest absolute Gasteiger partial charge is 0.327 e. The second kappa shape index (κ2) is 1.98. The summed E-state index contributed by atoms with van der Waals surface area (Å²) in [5, 5.41) is 9.19. The molecule has 0 spiro atoms. The first-order valence-electron chi connectivity index (χ1n) is 5.19. The van der Waals surface area contributed by atoms with E-state index >= 15 is 0 Å². The summed E-state index contributed by atoms with van der Waals surface area (Å²) in [6.45, 7) is 4.14. The minimum Gasteiger partial charge on any atom is -0.458 e. The Morgan fingerprint density at radius 2 is 2.36 bits per heavy atom. The van der Waals surface area contributed by atoms with Gasteiger partial charge in [0, 0.05) is 5.92 Å². The number of carbonyl (C=O) groups excluding carboxylic acids is 1. The maximum atomic E-state index is 11.8. The molecule has 2 saturated carbocycles. The van der Waals surface area contributed by atoms with Crippen LogP contribution in [0.2, 0.25) is 0 Å². The van der Waals surface area contributed by atoms with Crippen LogP contribution in [0.5, 0.6) is 0 Å². The summed E-state index contributed by atoms with van der Waals surface area (Å²) < 4.78 is 5.47. The van der Waals surface area contributed by atoms with Crippen LogP contribution < -0.4 is 0 Å². The molecule has 3 nitrogen and oxygen atoms in total. The summed E-state index contributed by atoms with van der Waals surface area (Å²) in [5.41, 5.74) is -1.14. The molecule has 1 heterocycles. The molecular weight excluding hydrogens is 178 g/mol. The van der Waals surface area contributed by atoms with Gasteiger partial charge in [-0.3, -0.25) is 4.79 Å². The second-order valence-corrected chi connectivity index (χ2v) is 5.20. The maximum Gasteiger partial charge on any atom is 0.327 e. The first-order chi connectivity index (χ1) is 6.54. The Balaban J connectivity index is 2.18. The summed E-state index contributed by atoms with van der Waals surface area (Å²) in [4.78, 5) is 11.8. The Kier molecular flexibility index (Phi) is 1.17. The average molecular weight is 191 g/mol. The molecule has 0 radical (unpaired) electrons. The van der Waals surface area contributed by atoms with Gasteiger partial charge in [-0.05, 0) is 31.6 Å². The number of esters is 1. The van der Waals surface area contributed by atoms with E-state index in [9.17, 15) is 10.1 Å². The third-order valence-corrected chi connectivity index (χ3v) is 4.90. The lowest BCUT2D eigenvalue weighted by molar-refractivity contribution is -0.152. The number of rotatable bonds is 0. The molecule has 3 heteroatoms. The van der Waals surface area contributed by atoms with Crippen LogP contribution in [0.3, 0.4) is 0 Å². The van der Waals surface area contributed by atoms with Crippen LogP contribution >= 0.6 is 0 Å². The van der Waals surface area contributed by atoms with Crippen molar-refractivity contribution in [2.45, 2.75) is 32.3 Å². The number of hydrogen-bond acceptors (Lipinski definition) is 3. The molecular formula is C11H13NO2. The SMILES string of the molecule is CC1C2CC3C(C#N)(C2)C(=O)OC13C. The van der Waals surface area contributed by atoms with Crippen molar-refractivity contribution in [1.29, 1.82) is 5.26 Å². The van der Waals surface area contributed by atoms with Crippen molar-refractivity contribution in [1.82, 2.24) is 0 Å². The van der Waals surface area contributed by atoms with Gasteiger partial charge in [0.15, 0.2) is 5.41 Å². The van der Waals surface area contributed by atoms with E-state index < -0.39 is 5.41 Å². The molecule has 5 atom stereocenters. The number of carbonyl (C=O) groups is 1. The van der Waals surface area contributed by atoms with Gasteiger partial charge in [-0.25, -0.2) is 0 Å². The Labute approximate surface area is 83.0 Å². The number of ether oxygens (including phenoxy) is 1. The first kappa shape index (κ1) is 8.28. The van der Waals surface area contributed by atoms with E-state index in [1.807, 2.05) is 6.92 Å². The lowest BCUT2D eigenvalue weighted by Crippen LogP contribution is -2.41. The van der Waals surface area contributed by atoms with Crippen molar-refractivity contribution in [3.05, 3.63) is 0 Å². The minimum atomic E-state index is -0.786. The summed E-state index contributed by atoms with van der Waals surface area (Å²) in [5.74, 6) is 0.809. The Morgan fingerprint density at radius 3 is 2.93 bits per heavy atom. The standard InChI is InChI=1S/C11H13NO2/c1-6-7-3-8-10(6,2)14-9(13)11(8,4-7)5-12/h6-8H,3-4H2,1-2H3. The lowest BCUT2D eigenvalue weighted by atomic mass is 9.67. The zero-order valence-electron chi connectivity index (χ0n) is 8.41. The number of hydrogen-bond donors (Lipinski definition) is 0. The molecule has 0 N–H and O–H groups in total. The van der Waals surface area contributed by atoms with E-state index in [4.69, 9.17) is 4.74 Å². The highest BCUT2D eigenvalue weighted by Gasteiger charge is 2.75. The fourth-order valence-corrected chi connectivity index (χ4v) is 3.88. The zero-order valence-corrected chi connectivity index (χ0v) is 8.41. The molecule has 5 unspecified atom stereocenters. The summed E-state index contributed by atoms with van der Waals surface area (Å²) >= 11 is 0. The molecule has 0 amide bonds. The molecule has 14 heavy (non-hydrogen) atoms. The van der Waals surface area contributed by atoms with Crippen LogP contribution in [0.15, 0.2) is 0 Å². The van der Waals surface area contributed by atoms with Gasteiger partial charge < -0.3 is 4.74 Å². The number of fused-ring (bicyclic) bond motifs is 1. The quantitative estimate of drug-likeness (QED) is 0.545. The van der Waals surface area contributed by atoms with E-state index in [0.717, 1.165) is 12.8 Å². The Bertz CT molecular complexity index is 372.